The Morgan fingerprint density at radius 1 is 1.21 bits per heavy atom. The Morgan fingerprint density at radius 3 is 2.37 bits per heavy atom. The van der Waals surface area contributed by atoms with E-state index in [1.807, 2.05) is 26.0 Å². The summed E-state index contributed by atoms with van der Waals surface area (Å²) in [6, 6.07) is 9.21. The van der Waals surface area contributed by atoms with Crippen LogP contribution < -0.4 is 0 Å². The van der Waals surface area contributed by atoms with Crippen molar-refractivity contribution in [3.8, 4) is 17.2 Å². The second-order valence-electron chi connectivity index (χ2n) is 4.31. The van der Waals surface area contributed by atoms with Crippen molar-refractivity contribution in [1.82, 2.24) is 4.98 Å². The fourth-order valence-corrected chi connectivity index (χ4v) is 2.21. The zero-order chi connectivity index (χ0) is 14.0. The number of ether oxygens (including phenoxy) is 1. The number of aryl methyl sites for hydroxylation is 2. The summed E-state index contributed by atoms with van der Waals surface area (Å²) in [7, 11) is 1.37. The zero-order valence-corrected chi connectivity index (χ0v) is 11.1. The molecule has 0 aliphatic carbocycles. The Labute approximate surface area is 111 Å². The first kappa shape index (κ1) is 12.9. The molecule has 1 aromatic carbocycles. The lowest BCUT2D eigenvalue weighted by Gasteiger charge is -2.05. The van der Waals surface area contributed by atoms with E-state index in [0.717, 1.165) is 22.5 Å². The monoisotopic (exact) mass is 254 g/mol. The lowest BCUT2D eigenvalue weighted by atomic mass is 9.99. The molecule has 0 amide bonds. The molecule has 4 nitrogen and oxygen atoms in total. The fourth-order valence-electron chi connectivity index (χ4n) is 2.21. The molecule has 0 fully saturated rings. The van der Waals surface area contributed by atoms with Crippen LogP contribution in [0.1, 0.15) is 27.3 Å². The summed E-state index contributed by atoms with van der Waals surface area (Å²) in [5.74, 6) is -0.360. The standard InChI is InChI=1S/C15H14N2O2/c1-9-13(12-6-4-11(8-16)5-7-12)14(10(2)17-9)15(18)19-3/h4-7,17H,1-3H3. The highest BCUT2D eigenvalue weighted by Crippen LogP contribution is 2.30. The number of aromatic amines is 1. The van der Waals surface area contributed by atoms with Crippen LogP contribution in [0.15, 0.2) is 24.3 Å². The van der Waals surface area contributed by atoms with Gasteiger partial charge in [0.05, 0.1) is 24.3 Å². The van der Waals surface area contributed by atoms with Crippen molar-refractivity contribution in [3.05, 3.63) is 46.8 Å². The molecule has 2 aromatic rings. The number of nitrogens with one attached hydrogen (secondary N) is 1. The van der Waals surface area contributed by atoms with Crippen LogP contribution in [0.5, 0.6) is 0 Å². The Bertz CT molecular complexity index is 661. The van der Waals surface area contributed by atoms with E-state index >= 15 is 0 Å². The number of esters is 1. The number of H-pyrrole nitrogens is 1. The van der Waals surface area contributed by atoms with Crippen molar-refractivity contribution in [1.29, 1.82) is 5.26 Å². The van der Waals surface area contributed by atoms with Crippen LogP contribution >= 0.6 is 0 Å². The summed E-state index contributed by atoms with van der Waals surface area (Å²) in [5.41, 5.74) is 4.54. The second kappa shape index (κ2) is 4.99. The molecule has 0 bridgehead atoms. The van der Waals surface area contributed by atoms with Crippen LogP contribution in [-0.2, 0) is 4.74 Å². The lowest BCUT2D eigenvalue weighted by molar-refractivity contribution is 0.0601. The molecule has 1 N–H and O–H groups in total. The smallest absolute Gasteiger partial charge is 0.340 e. The van der Waals surface area contributed by atoms with E-state index in [0.29, 0.717) is 11.1 Å². The molecule has 1 heterocycles. The first-order valence-corrected chi connectivity index (χ1v) is 5.86. The summed E-state index contributed by atoms with van der Waals surface area (Å²) >= 11 is 0. The quantitative estimate of drug-likeness (QED) is 0.838. The Hall–Kier alpha value is -2.54. The molecule has 0 aliphatic heterocycles. The molecule has 0 spiro atoms. The maximum absolute atomic E-state index is 11.9. The molecule has 0 radical (unpaired) electrons. The minimum atomic E-state index is -0.360. The molecule has 19 heavy (non-hydrogen) atoms. The molecule has 4 heteroatoms. The molecule has 2 rings (SSSR count). The van der Waals surface area contributed by atoms with Crippen LogP contribution in [0, 0.1) is 25.2 Å². The van der Waals surface area contributed by atoms with Gasteiger partial charge in [-0.3, -0.25) is 0 Å². The zero-order valence-electron chi connectivity index (χ0n) is 11.1. The van der Waals surface area contributed by atoms with Gasteiger partial charge in [-0.1, -0.05) is 12.1 Å². The van der Waals surface area contributed by atoms with E-state index < -0.39 is 0 Å². The van der Waals surface area contributed by atoms with Crippen molar-refractivity contribution in [3.63, 3.8) is 0 Å². The van der Waals surface area contributed by atoms with E-state index in [1.54, 1.807) is 12.1 Å². The number of nitrogens with zero attached hydrogens (tertiary/aromatic N) is 1. The van der Waals surface area contributed by atoms with Crippen molar-refractivity contribution in [2.24, 2.45) is 0 Å². The fraction of sp³-hybridized carbons (Fsp3) is 0.200. The summed E-state index contributed by atoms with van der Waals surface area (Å²) in [6.45, 7) is 3.75. The molecule has 0 aliphatic rings. The summed E-state index contributed by atoms with van der Waals surface area (Å²) in [6.07, 6.45) is 0. The van der Waals surface area contributed by atoms with Crippen LogP contribution in [0.4, 0.5) is 0 Å². The number of carbonyl (C=O) groups is 1. The minimum Gasteiger partial charge on any atom is -0.465 e. The molecule has 0 saturated carbocycles. The number of aromatic nitrogens is 1. The lowest BCUT2D eigenvalue weighted by Crippen LogP contribution is -2.03. The van der Waals surface area contributed by atoms with Gasteiger partial charge in [-0.25, -0.2) is 4.79 Å². The number of hydrogen-bond donors (Lipinski definition) is 1. The highest BCUT2D eigenvalue weighted by Gasteiger charge is 2.20. The maximum atomic E-state index is 11.9. The number of rotatable bonds is 2. The summed E-state index contributed by atoms with van der Waals surface area (Å²) < 4.78 is 4.83. The van der Waals surface area contributed by atoms with Gasteiger partial charge in [0.15, 0.2) is 0 Å². The highest BCUT2D eigenvalue weighted by atomic mass is 16.5. The van der Waals surface area contributed by atoms with Gasteiger partial charge in [-0.15, -0.1) is 0 Å². The van der Waals surface area contributed by atoms with Crippen LogP contribution in [0.3, 0.4) is 0 Å². The molecule has 0 atom stereocenters. The third-order valence-corrected chi connectivity index (χ3v) is 3.07. The van der Waals surface area contributed by atoms with Gasteiger partial charge in [-0.05, 0) is 31.5 Å². The normalized spacial score (nSPS) is 10.0. The van der Waals surface area contributed by atoms with Gasteiger partial charge < -0.3 is 9.72 Å². The predicted molar refractivity (Wildman–Crippen MR) is 71.8 cm³/mol. The number of benzene rings is 1. The molecule has 0 saturated heterocycles. The number of hydrogen-bond acceptors (Lipinski definition) is 3. The average molecular weight is 254 g/mol. The summed E-state index contributed by atoms with van der Waals surface area (Å²) in [5, 5.41) is 8.81. The van der Waals surface area contributed by atoms with Crippen LogP contribution in [0.25, 0.3) is 11.1 Å². The first-order chi connectivity index (χ1) is 9.08. The van der Waals surface area contributed by atoms with Crippen molar-refractivity contribution in [2.45, 2.75) is 13.8 Å². The van der Waals surface area contributed by atoms with Gasteiger partial charge in [0, 0.05) is 17.0 Å². The van der Waals surface area contributed by atoms with Crippen molar-refractivity contribution >= 4 is 5.97 Å². The number of methoxy groups -OCH3 is 1. The SMILES string of the molecule is COC(=O)c1c(C)[nH]c(C)c1-c1ccc(C#N)cc1. The number of carbonyl (C=O) groups excluding carboxylic acids is 1. The highest BCUT2D eigenvalue weighted by molar-refractivity contribution is 5.99. The van der Waals surface area contributed by atoms with Crippen LogP contribution in [-0.4, -0.2) is 18.1 Å². The van der Waals surface area contributed by atoms with Gasteiger partial charge in [-0.2, -0.15) is 5.26 Å². The third-order valence-electron chi connectivity index (χ3n) is 3.07. The third kappa shape index (κ3) is 2.23. The molecule has 1 aromatic heterocycles. The first-order valence-electron chi connectivity index (χ1n) is 5.86. The molecular weight excluding hydrogens is 240 g/mol. The summed E-state index contributed by atoms with van der Waals surface area (Å²) in [4.78, 5) is 15.0. The Kier molecular flexibility index (Phi) is 3.39. The van der Waals surface area contributed by atoms with E-state index in [1.165, 1.54) is 7.11 Å². The van der Waals surface area contributed by atoms with Gasteiger partial charge in [0.1, 0.15) is 0 Å². The predicted octanol–water partition coefficient (Wildman–Crippen LogP) is 2.96. The van der Waals surface area contributed by atoms with Crippen molar-refractivity contribution in [2.75, 3.05) is 7.11 Å². The maximum Gasteiger partial charge on any atom is 0.340 e. The van der Waals surface area contributed by atoms with E-state index in [2.05, 4.69) is 11.1 Å². The van der Waals surface area contributed by atoms with E-state index in [9.17, 15) is 4.79 Å². The molecule has 96 valence electrons. The number of nitriles is 1. The van der Waals surface area contributed by atoms with Crippen LogP contribution in [0.2, 0.25) is 0 Å². The topological polar surface area (TPSA) is 65.9 Å². The van der Waals surface area contributed by atoms with Gasteiger partial charge in [0.25, 0.3) is 0 Å². The second-order valence-corrected chi connectivity index (χ2v) is 4.31. The van der Waals surface area contributed by atoms with Gasteiger partial charge in [0.2, 0.25) is 0 Å². The Morgan fingerprint density at radius 2 is 1.84 bits per heavy atom. The largest absolute Gasteiger partial charge is 0.465 e. The van der Waals surface area contributed by atoms with Crippen molar-refractivity contribution < 1.29 is 9.53 Å². The van der Waals surface area contributed by atoms with Gasteiger partial charge >= 0.3 is 5.97 Å². The molecule has 0 unspecified atom stereocenters. The van der Waals surface area contributed by atoms with E-state index in [-0.39, 0.29) is 5.97 Å². The average Bonchev–Trinajstić information content (AvgIpc) is 2.72. The Balaban J connectivity index is 2.61. The minimum absolute atomic E-state index is 0.360. The van der Waals surface area contributed by atoms with E-state index in [4.69, 9.17) is 10.00 Å². The molecular formula is C15H14N2O2.